The number of anilines is 1. The molecule has 0 aliphatic heterocycles. The molecule has 2 aromatic carbocycles. The molecular formula is C19H18ClN3O3. The van der Waals surface area contributed by atoms with Crippen LogP contribution in [0.2, 0.25) is 5.02 Å². The fourth-order valence-corrected chi connectivity index (χ4v) is 2.27. The summed E-state index contributed by atoms with van der Waals surface area (Å²) >= 11 is 5.81. The van der Waals surface area contributed by atoms with Gasteiger partial charge in [0.25, 0.3) is 5.91 Å². The molecule has 0 aliphatic rings. The Morgan fingerprint density at radius 1 is 1.23 bits per heavy atom. The number of carbonyl (C=O) groups is 2. The molecule has 1 atom stereocenters. The van der Waals surface area contributed by atoms with E-state index in [0.29, 0.717) is 16.5 Å². The number of nitrogens with zero attached hydrogens (tertiary/aromatic N) is 1. The molecule has 2 rings (SSSR count). The minimum Gasteiger partial charge on any atom is -0.481 e. The largest absolute Gasteiger partial charge is 0.481 e. The molecular weight excluding hydrogens is 354 g/mol. The normalized spacial score (nSPS) is 11.1. The zero-order chi connectivity index (χ0) is 18.9. The molecule has 26 heavy (non-hydrogen) atoms. The van der Waals surface area contributed by atoms with Gasteiger partial charge < -0.3 is 15.4 Å². The van der Waals surface area contributed by atoms with Gasteiger partial charge in [-0.2, -0.15) is 5.26 Å². The minimum absolute atomic E-state index is 0.208. The molecule has 0 radical (unpaired) electrons. The van der Waals surface area contributed by atoms with Crippen LogP contribution in [0.15, 0.2) is 48.5 Å². The van der Waals surface area contributed by atoms with Gasteiger partial charge in [0, 0.05) is 17.3 Å². The van der Waals surface area contributed by atoms with E-state index in [-0.39, 0.29) is 24.8 Å². The standard InChI is InChI=1S/C19H18ClN3O3/c1-13(26-17-7-5-15(20)6-8-17)19(25)22-12-14-3-2-4-16(11-14)23-18(24)9-10-21/h2-8,11,13H,9,12H2,1H3,(H,22,25)(H,23,24). The van der Waals surface area contributed by atoms with Gasteiger partial charge in [-0.15, -0.1) is 0 Å². The summed E-state index contributed by atoms with van der Waals surface area (Å²) < 4.78 is 5.56. The second-order valence-electron chi connectivity index (χ2n) is 5.52. The number of amides is 2. The van der Waals surface area contributed by atoms with Crippen LogP contribution in [0.1, 0.15) is 18.9 Å². The molecule has 0 spiro atoms. The van der Waals surface area contributed by atoms with Crippen molar-refractivity contribution in [3.8, 4) is 11.8 Å². The summed E-state index contributed by atoms with van der Waals surface area (Å²) in [7, 11) is 0. The molecule has 0 aliphatic carbocycles. The number of halogens is 1. The monoisotopic (exact) mass is 371 g/mol. The van der Waals surface area contributed by atoms with E-state index in [4.69, 9.17) is 21.6 Å². The van der Waals surface area contributed by atoms with Crippen molar-refractivity contribution < 1.29 is 14.3 Å². The lowest BCUT2D eigenvalue weighted by Crippen LogP contribution is -2.35. The number of ether oxygens (including phenoxy) is 1. The number of rotatable bonds is 7. The molecule has 0 aromatic heterocycles. The summed E-state index contributed by atoms with van der Waals surface area (Å²) in [6, 6.07) is 15.6. The first-order chi connectivity index (χ1) is 12.5. The highest BCUT2D eigenvalue weighted by molar-refractivity contribution is 6.30. The lowest BCUT2D eigenvalue weighted by molar-refractivity contribution is -0.127. The maximum atomic E-state index is 12.2. The van der Waals surface area contributed by atoms with Crippen molar-refractivity contribution in [3.63, 3.8) is 0 Å². The van der Waals surface area contributed by atoms with Crippen LogP contribution in [0.5, 0.6) is 5.75 Å². The Labute approximate surface area is 156 Å². The number of hydrogen-bond acceptors (Lipinski definition) is 4. The van der Waals surface area contributed by atoms with E-state index in [9.17, 15) is 9.59 Å². The zero-order valence-corrected chi connectivity index (χ0v) is 14.9. The van der Waals surface area contributed by atoms with Crippen LogP contribution in [0.25, 0.3) is 0 Å². The van der Waals surface area contributed by atoms with Crippen LogP contribution in [-0.2, 0) is 16.1 Å². The van der Waals surface area contributed by atoms with Crippen molar-refractivity contribution >= 4 is 29.1 Å². The predicted molar refractivity (Wildman–Crippen MR) is 98.7 cm³/mol. The molecule has 1 unspecified atom stereocenters. The topological polar surface area (TPSA) is 91.2 Å². The lowest BCUT2D eigenvalue weighted by Gasteiger charge is -2.15. The summed E-state index contributed by atoms with van der Waals surface area (Å²) in [6.45, 7) is 1.94. The van der Waals surface area contributed by atoms with Crippen molar-refractivity contribution in [1.82, 2.24) is 5.32 Å². The number of hydrogen-bond donors (Lipinski definition) is 2. The van der Waals surface area contributed by atoms with Gasteiger partial charge in [0.1, 0.15) is 12.2 Å². The van der Waals surface area contributed by atoms with Gasteiger partial charge in [-0.25, -0.2) is 0 Å². The van der Waals surface area contributed by atoms with Crippen molar-refractivity contribution in [2.75, 3.05) is 5.32 Å². The van der Waals surface area contributed by atoms with Gasteiger partial charge >= 0.3 is 0 Å². The summed E-state index contributed by atoms with van der Waals surface area (Å²) in [5.41, 5.74) is 1.38. The first-order valence-corrected chi connectivity index (χ1v) is 8.31. The van der Waals surface area contributed by atoms with E-state index in [1.54, 1.807) is 55.5 Å². The van der Waals surface area contributed by atoms with Crippen LogP contribution in [-0.4, -0.2) is 17.9 Å². The Hall–Kier alpha value is -3.04. The fourth-order valence-electron chi connectivity index (χ4n) is 2.14. The van der Waals surface area contributed by atoms with E-state index in [0.717, 1.165) is 5.56 Å². The first kappa shape index (κ1) is 19.3. The van der Waals surface area contributed by atoms with E-state index in [2.05, 4.69) is 10.6 Å². The lowest BCUT2D eigenvalue weighted by atomic mass is 10.2. The predicted octanol–water partition coefficient (Wildman–Crippen LogP) is 3.28. The number of benzene rings is 2. The van der Waals surface area contributed by atoms with E-state index in [1.807, 2.05) is 6.07 Å². The molecule has 134 valence electrons. The Morgan fingerprint density at radius 2 is 1.96 bits per heavy atom. The van der Waals surface area contributed by atoms with Crippen LogP contribution in [0.3, 0.4) is 0 Å². The zero-order valence-electron chi connectivity index (χ0n) is 14.2. The Kier molecular flexibility index (Phi) is 7.01. The Bertz CT molecular complexity index is 816. The third kappa shape index (κ3) is 6.11. The molecule has 6 nitrogen and oxygen atoms in total. The number of nitriles is 1. The van der Waals surface area contributed by atoms with Gasteiger partial charge in [0.05, 0.1) is 6.07 Å². The first-order valence-electron chi connectivity index (χ1n) is 7.93. The van der Waals surface area contributed by atoms with Crippen molar-refractivity contribution in [1.29, 1.82) is 5.26 Å². The van der Waals surface area contributed by atoms with Gasteiger partial charge in [-0.05, 0) is 48.9 Å². The molecule has 2 N–H and O–H groups in total. The molecule has 2 amide bonds. The highest BCUT2D eigenvalue weighted by Gasteiger charge is 2.14. The Morgan fingerprint density at radius 3 is 2.65 bits per heavy atom. The maximum Gasteiger partial charge on any atom is 0.261 e. The highest BCUT2D eigenvalue weighted by atomic mass is 35.5. The summed E-state index contributed by atoms with van der Waals surface area (Å²) in [5.74, 6) is -0.0863. The van der Waals surface area contributed by atoms with E-state index in [1.165, 1.54) is 0 Å². The van der Waals surface area contributed by atoms with E-state index < -0.39 is 6.10 Å². The summed E-state index contributed by atoms with van der Waals surface area (Å²) in [4.78, 5) is 23.6. The van der Waals surface area contributed by atoms with Crippen molar-refractivity contribution in [3.05, 3.63) is 59.1 Å². The van der Waals surface area contributed by atoms with Crippen LogP contribution >= 0.6 is 11.6 Å². The second kappa shape index (κ2) is 9.44. The Balaban J connectivity index is 1.87. The molecule has 2 aromatic rings. The molecule has 0 saturated carbocycles. The summed E-state index contributed by atoms with van der Waals surface area (Å²) in [5, 5.41) is 14.5. The number of carbonyl (C=O) groups excluding carboxylic acids is 2. The van der Waals surface area contributed by atoms with Crippen molar-refractivity contribution in [2.24, 2.45) is 0 Å². The number of nitrogens with one attached hydrogen (secondary N) is 2. The molecule has 0 fully saturated rings. The van der Waals surface area contributed by atoms with Gasteiger partial charge in [-0.3, -0.25) is 9.59 Å². The van der Waals surface area contributed by atoms with Crippen molar-refractivity contribution in [2.45, 2.75) is 26.0 Å². The highest BCUT2D eigenvalue weighted by Crippen LogP contribution is 2.17. The summed E-state index contributed by atoms with van der Waals surface area (Å²) in [6.07, 6.45) is -0.879. The van der Waals surface area contributed by atoms with Crippen LogP contribution < -0.4 is 15.4 Å². The molecule has 7 heteroatoms. The smallest absolute Gasteiger partial charge is 0.261 e. The second-order valence-corrected chi connectivity index (χ2v) is 5.95. The molecule has 0 saturated heterocycles. The molecule has 0 bridgehead atoms. The van der Waals surface area contributed by atoms with Gasteiger partial charge in [0.15, 0.2) is 6.10 Å². The average molecular weight is 372 g/mol. The minimum atomic E-state index is -0.672. The SMILES string of the molecule is CC(Oc1ccc(Cl)cc1)C(=O)NCc1cccc(NC(=O)CC#N)c1. The third-order valence-electron chi connectivity index (χ3n) is 3.41. The fraction of sp³-hybridized carbons (Fsp3) is 0.211. The van der Waals surface area contributed by atoms with Crippen LogP contribution in [0, 0.1) is 11.3 Å². The average Bonchev–Trinajstić information content (AvgIpc) is 2.62. The molecule has 0 heterocycles. The van der Waals surface area contributed by atoms with Crippen LogP contribution in [0.4, 0.5) is 5.69 Å². The maximum absolute atomic E-state index is 12.2. The van der Waals surface area contributed by atoms with Gasteiger partial charge in [-0.1, -0.05) is 23.7 Å². The third-order valence-corrected chi connectivity index (χ3v) is 3.66. The van der Waals surface area contributed by atoms with E-state index >= 15 is 0 Å². The quantitative estimate of drug-likeness (QED) is 0.781. The van der Waals surface area contributed by atoms with Gasteiger partial charge in [0.2, 0.25) is 5.91 Å².